The summed E-state index contributed by atoms with van der Waals surface area (Å²) in [5, 5.41) is 12.0. The largest absolute Gasteiger partial charge is 0.478 e. The molecule has 0 bridgehead atoms. The van der Waals surface area contributed by atoms with Crippen molar-refractivity contribution in [1.29, 1.82) is 0 Å². The van der Waals surface area contributed by atoms with E-state index < -0.39 is 5.97 Å². The van der Waals surface area contributed by atoms with E-state index in [1.165, 1.54) is 12.1 Å². The molecule has 0 aliphatic carbocycles. The van der Waals surface area contributed by atoms with Gasteiger partial charge in [0.2, 0.25) is 0 Å². The summed E-state index contributed by atoms with van der Waals surface area (Å²) in [5.41, 5.74) is 4.43. The van der Waals surface area contributed by atoms with Crippen molar-refractivity contribution in [2.75, 3.05) is 38.5 Å². The number of carbonyl (C=O) groups excluding carboxylic acids is 2. The normalized spacial score (nSPS) is 17.9. The van der Waals surface area contributed by atoms with Gasteiger partial charge in [0.25, 0.3) is 11.8 Å². The van der Waals surface area contributed by atoms with Crippen LogP contribution in [0.4, 0.5) is 5.69 Å². The lowest BCUT2D eigenvalue weighted by Crippen LogP contribution is -2.47. The molecule has 0 radical (unpaired) electrons. The van der Waals surface area contributed by atoms with Gasteiger partial charge in [-0.15, -0.1) is 0 Å². The highest BCUT2D eigenvalue weighted by Crippen LogP contribution is 2.35. The van der Waals surface area contributed by atoms with Crippen molar-refractivity contribution in [2.45, 2.75) is 13.8 Å². The second kappa shape index (κ2) is 7.46. The number of carboxylic acids is 1. The number of carbonyl (C=O) groups is 3. The Morgan fingerprint density at radius 2 is 1.83 bits per heavy atom. The number of H-pyrrole nitrogens is 1. The number of benzene rings is 1. The molecule has 0 unspecified atom stereocenters. The van der Waals surface area contributed by atoms with Crippen LogP contribution in [0.3, 0.4) is 0 Å². The van der Waals surface area contributed by atoms with Crippen LogP contribution in [0.2, 0.25) is 0 Å². The minimum Gasteiger partial charge on any atom is -0.478 e. The van der Waals surface area contributed by atoms with Crippen molar-refractivity contribution in [3.8, 4) is 0 Å². The van der Waals surface area contributed by atoms with Crippen LogP contribution in [0.25, 0.3) is 11.6 Å². The van der Waals surface area contributed by atoms with Crippen LogP contribution < -0.4 is 5.32 Å². The van der Waals surface area contributed by atoms with E-state index in [2.05, 4.69) is 15.2 Å². The zero-order valence-electron chi connectivity index (χ0n) is 17.2. The van der Waals surface area contributed by atoms with Crippen molar-refractivity contribution in [1.82, 2.24) is 14.8 Å². The molecule has 30 heavy (non-hydrogen) atoms. The summed E-state index contributed by atoms with van der Waals surface area (Å²) in [6, 6.07) is 4.54. The van der Waals surface area contributed by atoms with Crippen LogP contribution >= 0.6 is 0 Å². The molecule has 1 aromatic carbocycles. The number of piperazine rings is 1. The number of fused-ring (bicyclic) bond motifs is 1. The number of amides is 2. The van der Waals surface area contributed by atoms with Gasteiger partial charge in [0.1, 0.15) is 0 Å². The maximum absolute atomic E-state index is 13.1. The second-order valence-electron chi connectivity index (χ2n) is 7.84. The van der Waals surface area contributed by atoms with Crippen molar-refractivity contribution >= 4 is 35.1 Å². The zero-order chi connectivity index (χ0) is 21.6. The van der Waals surface area contributed by atoms with Gasteiger partial charge in [-0.05, 0) is 50.7 Å². The SMILES string of the molecule is Cc1[nH]c(/C=C2\C(=O)Nc3ccc(C(=O)O)cc32)c(C)c1C(=O)N1CCN(C)CC1. The quantitative estimate of drug-likeness (QED) is 0.676. The van der Waals surface area contributed by atoms with Gasteiger partial charge < -0.3 is 25.2 Å². The molecule has 0 saturated carbocycles. The summed E-state index contributed by atoms with van der Waals surface area (Å²) < 4.78 is 0. The number of hydrogen-bond acceptors (Lipinski definition) is 4. The van der Waals surface area contributed by atoms with Gasteiger partial charge in [0, 0.05) is 48.8 Å². The number of likely N-dealkylation sites (N-methyl/N-ethyl adjacent to an activating group) is 1. The topological polar surface area (TPSA) is 106 Å². The Balaban J connectivity index is 1.70. The third-order valence-corrected chi connectivity index (χ3v) is 5.82. The number of carboxylic acid groups (broad SMARTS) is 1. The van der Waals surface area contributed by atoms with Crippen molar-refractivity contribution in [2.24, 2.45) is 0 Å². The van der Waals surface area contributed by atoms with E-state index in [9.17, 15) is 19.5 Å². The molecule has 3 heterocycles. The Labute approximate surface area is 174 Å². The summed E-state index contributed by atoms with van der Waals surface area (Å²) in [7, 11) is 2.04. The number of hydrogen-bond donors (Lipinski definition) is 3. The number of aromatic amines is 1. The highest BCUT2D eigenvalue weighted by Gasteiger charge is 2.28. The van der Waals surface area contributed by atoms with Crippen LogP contribution in [0.5, 0.6) is 0 Å². The van der Waals surface area contributed by atoms with Crippen LogP contribution in [-0.4, -0.2) is 70.9 Å². The predicted molar refractivity (Wildman–Crippen MR) is 114 cm³/mol. The molecule has 8 heteroatoms. The number of aromatic nitrogens is 1. The highest BCUT2D eigenvalue weighted by atomic mass is 16.4. The Morgan fingerprint density at radius 1 is 1.13 bits per heavy atom. The van der Waals surface area contributed by atoms with Crippen LogP contribution in [0, 0.1) is 13.8 Å². The summed E-state index contributed by atoms with van der Waals surface area (Å²) >= 11 is 0. The van der Waals surface area contributed by atoms with Crippen LogP contribution in [0.1, 0.15) is 43.2 Å². The average Bonchev–Trinajstić information content (AvgIpc) is 3.17. The summed E-state index contributed by atoms with van der Waals surface area (Å²) in [6.45, 7) is 6.76. The first-order valence-corrected chi connectivity index (χ1v) is 9.84. The third-order valence-electron chi connectivity index (χ3n) is 5.82. The molecule has 0 atom stereocenters. The van der Waals surface area contributed by atoms with Crippen molar-refractivity contribution in [3.63, 3.8) is 0 Å². The number of anilines is 1. The highest BCUT2D eigenvalue weighted by molar-refractivity contribution is 6.35. The molecule has 2 aliphatic rings. The minimum absolute atomic E-state index is 0.0107. The first kappa shape index (κ1) is 19.9. The molecule has 1 saturated heterocycles. The maximum atomic E-state index is 13.1. The van der Waals surface area contributed by atoms with Gasteiger partial charge in [0.15, 0.2) is 0 Å². The fourth-order valence-electron chi connectivity index (χ4n) is 4.02. The molecule has 2 aliphatic heterocycles. The number of nitrogens with one attached hydrogen (secondary N) is 2. The molecule has 156 valence electrons. The molecular formula is C22H24N4O4. The maximum Gasteiger partial charge on any atom is 0.335 e. The van der Waals surface area contributed by atoms with Gasteiger partial charge in [0.05, 0.1) is 16.7 Å². The van der Waals surface area contributed by atoms with Gasteiger partial charge in [-0.25, -0.2) is 4.79 Å². The monoisotopic (exact) mass is 408 g/mol. The molecule has 1 aromatic heterocycles. The molecule has 1 fully saturated rings. The zero-order valence-corrected chi connectivity index (χ0v) is 17.2. The minimum atomic E-state index is -1.05. The number of aromatic carboxylic acids is 1. The number of nitrogens with zero attached hydrogens (tertiary/aromatic N) is 2. The van der Waals surface area contributed by atoms with E-state index in [1.54, 1.807) is 12.1 Å². The van der Waals surface area contributed by atoms with E-state index in [-0.39, 0.29) is 17.4 Å². The molecule has 2 amide bonds. The van der Waals surface area contributed by atoms with Crippen molar-refractivity contribution < 1.29 is 19.5 Å². The molecule has 3 N–H and O–H groups in total. The molecule has 4 rings (SSSR count). The van der Waals surface area contributed by atoms with Gasteiger partial charge in [-0.2, -0.15) is 0 Å². The third kappa shape index (κ3) is 3.39. The summed E-state index contributed by atoms with van der Waals surface area (Å²) in [4.78, 5) is 44.2. The van der Waals surface area contributed by atoms with Gasteiger partial charge >= 0.3 is 5.97 Å². The van der Waals surface area contributed by atoms with Gasteiger partial charge in [-0.1, -0.05) is 0 Å². The van der Waals surface area contributed by atoms with E-state index in [0.717, 1.165) is 24.3 Å². The Kier molecular flexibility index (Phi) is 4.95. The average molecular weight is 408 g/mol. The predicted octanol–water partition coefficient (Wildman–Crippen LogP) is 2.21. The fourth-order valence-corrected chi connectivity index (χ4v) is 4.02. The molecule has 8 nitrogen and oxygen atoms in total. The Bertz CT molecular complexity index is 1090. The van der Waals surface area contributed by atoms with E-state index in [1.807, 2.05) is 25.8 Å². The Morgan fingerprint density at radius 3 is 2.50 bits per heavy atom. The Hall–Kier alpha value is -3.39. The van der Waals surface area contributed by atoms with E-state index in [4.69, 9.17) is 0 Å². The van der Waals surface area contributed by atoms with Crippen LogP contribution in [-0.2, 0) is 4.79 Å². The standard InChI is InChI=1S/C22H24N4O4/c1-12-18(23-13(2)19(12)21(28)26-8-6-25(3)7-9-26)11-16-15-10-14(22(29)30)4-5-17(15)24-20(16)27/h4-5,10-11,23H,6-9H2,1-3H3,(H,24,27)(H,29,30)/b16-11-. The second-order valence-corrected chi connectivity index (χ2v) is 7.84. The van der Waals surface area contributed by atoms with Crippen molar-refractivity contribution in [3.05, 3.63) is 51.8 Å². The lowest BCUT2D eigenvalue weighted by Gasteiger charge is -2.32. The summed E-state index contributed by atoms with van der Waals surface area (Å²) in [5.74, 6) is -1.36. The number of rotatable bonds is 3. The lowest BCUT2D eigenvalue weighted by atomic mass is 10.0. The first-order chi connectivity index (χ1) is 14.3. The smallest absolute Gasteiger partial charge is 0.335 e. The van der Waals surface area contributed by atoms with Crippen LogP contribution in [0.15, 0.2) is 18.2 Å². The van der Waals surface area contributed by atoms with E-state index >= 15 is 0 Å². The molecular weight excluding hydrogens is 384 g/mol. The molecule has 0 spiro atoms. The lowest BCUT2D eigenvalue weighted by molar-refractivity contribution is -0.110. The van der Waals surface area contributed by atoms with E-state index in [0.29, 0.717) is 41.2 Å². The summed E-state index contributed by atoms with van der Waals surface area (Å²) in [6.07, 6.45) is 1.69. The first-order valence-electron chi connectivity index (χ1n) is 9.84. The van der Waals surface area contributed by atoms with Gasteiger partial charge in [-0.3, -0.25) is 9.59 Å². The number of aryl methyl sites for hydroxylation is 1. The molecule has 2 aromatic rings. The fraction of sp³-hybridized carbons (Fsp3) is 0.318.